The summed E-state index contributed by atoms with van der Waals surface area (Å²) in [6.07, 6.45) is 3.42. The molecule has 0 spiro atoms. The maximum absolute atomic E-state index is 13.2. The lowest BCUT2D eigenvalue weighted by molar-refractivity contribution is 0.126. The van der Waals surface area contributed by atoms with E-state index >= 15 is 0 Å². The molecule has 0 bridgehead atoms. The molecule has 7 nitrogen and oxygen atoms in total. The summed E-state index contributed by atoms with van der Waals surface area (Å²) in [5, 5.41) is 12.1. The summed E-state index contributed by atoms with van der Waals surface area (Å²) in [6.45, 7) is 7.73. The van der Waals surface area contributed by atoms with Crippen molar-refractivity contribution in [2.45, 2.75) is 45.8 Å². The van der Waals surface area contributed by atoms with Crippen LogP contribution in [-0.2, 0) is 13.1 Å². The fourth-order valence-corrected chi connectivity index (χ4v) is 3.68. The number of nitriles is 1. The van der Waals surface area contributed by atoms with E-state index in [1.807, 2.05) is 35.2 Å². The van der Waals surface area contributed by atoms with Gasteiger partial charge in [-0.25, -0.2) is 4.79 Å². The third-order valence-electron chi connectivity index (χ3n) is 5.63. The standard InChI is InChI=1S/C25H33N5O2/c1-19(2)18-32-24-8-5-20(6-9-24)15-28-25(31)30(23-10-12-29(3)13-11-23)17-22-7-4-21(14-26)16-27-22/h4-9,16,19,23H,10-13,15,17-18H2,1-3H3,(H,28,31). The van der Waals surface area contributed by atoms with Crippen molar-refractivity contribution in [2.24, 2.45) is 5.92 Å². The Morgan fingerprint density at radius 3 is 2.56 bits per heavy atom. The number of ether oxygens (including phenoxy) is 1. The molecule has 1 aliphatic rings. The van der Waals surface area contributed by atoms with Crippen molar-refractivity contribution in [1.82, 2.24) is 20.1 Å². The molecule has 7 heteroatoms. The monoisotopic (exact) mass is 435 g/mol. The first kappa shape index (κ1) is 23.6. The summed E-state index contributed by atoms with van der Waals surface area (Å²) >= 11 is 0. The fourth-order valence-electron chi connectivity index (χ4n) is 3.68. The molecule has 3 rings (SSSR count). The number of nitrogens with one attached hydrogen (secondary N) is 1. The van der Waals surface area contributed by atoms with Crippen LogP contribution in [0, 0.1) is 17.2 Å². The Hall–Kier alpha value is -3.11. The molecule has 0 unspecified atom stereocenters. The summed E-state index contributed by atoms with van der Waals surface area (Å²) < 4.78 is 5.73. The van der Waals surface area contributed by atoms with E-state index in [1.165, 1.54) is 0 Å². The molecule has 2 amide bonds. The highest BCUT2D eigenvalue weighted by molar-refractivity contribution is 5.74. The number of likely N-dealkylation sites (tertiary alicyclic amines) is 1. The number of hydrogen-bond acceptors (Lipinski definition) is 5. The topological polar surface area (TPSA) is 81.5 Å². The van der Waals surface area contributed by atoms with E-state index in [0.29, 0.717) is 31.2 Å². The van der Waals surface area contributed by atoms with Crippen LogP contribution in [0.25, 0.3) is 0 Å². The van der Waals surface area contributed by atoms with Crippen molar-refractivity contribution in [3.05, 3.63) is 59.4 Å². The van der Waals surface area contributed by atoms with Gasteiger partial charge >= 0.3 is 6.03 Å². The quantitative estimate of drug-likeness (QED) is 0.682. The van der Waals surface area contributed by atoms with Gasteiger partial charge in [-0.2, -0.15) is 5.26 Å². The van der Waals surface area contributed by atoms with E-state index in [-0.39, 0.29) is 12.1 Å². The van der Waals surface area contributed by atoms with Gasteiger partial charge in [-0.05, 0) is 68.7 Å². The second-order valence-electron chi connectivity index (χ2n) is 8.82. The highest BCUT2D eigenvalue weighted by Crippen LogP contribution is 2.19. The summed E-state index contributed by atoms with van der Waals surface area (Å²) in [6, 6.07) is 13.6. The van der Waals surface area contributed by atoms with E-state index in [4.69, 9.17) is 10.00 Å². The van der Waals surface area contributed by atoms with Crippen LogP contribution in [0.1, 0.15) is 43.5 Å². The molecule has 1 aliphatic heterocycles. The number of rotatable bonds is 8. The molecule has 0 aliphatic carbocycles. The van der Waals surface area contributed by atoms with Crippen LogP contribution in [-0.4, -0.2) is 53.6 Å². The number of hydrogen-bond donors (Lipinski definition) is 1. The van der Waals surface area contributed by atoms with Crippen LogP contribution >= 0.6 is 0 Å². The van der Waals surface area contributed by atoms with Crippen molar-refractivity contribution in [3.63, 3.8) is 0 Å². The zero-order chi connectivity index (χ0) is 22.9. The lowest BCUT2D eigenvalue weighted by Gasteiger charge is -2.37. The summed E-state index contributed by atoms with van der Waals surface area (Å²) in [4.78, 5) is 21.7. The molecule has 0 atom stereocenters. The van der Waals surface area contributed by atoms with Crippen LogP contribution in [0.3, 0.4) is 0 Å². The molecule has 170 valence electrons. The molecule has 1 aromatic carbocycles. The molecule has 1 N–H and O–H groups in total. The van der Waals surface area contributed by atoms with Crippen LogP contribution < -0.4 is 10.1 Å². The molecule has 1 saturated heterocycles. The van der Waals surface area contributed by atoms with E-state index in [1.54, 1.807) is 12.3 Å². The van der Waals surface area contributed by atoms with E-state index in [0.717, 1.165) is 42.9 Å². The number of aromatic nitrogens is 1. The fraction of sp³-hybridized carbons (Fsp3) is 0.480. The largest absolute Gasteiger partial charge is 0.493 e. The lowest BCUT2D eigenvalue weighted by atomic mass is 10.0. The second-order valence-corrected chi connectivity index (χ2v) is 8.82. The molecular formula is C25H33N5O2. The Morgan fingerprint density at radius 2 is 1.97 bits per heavy atom. The van der Waals surface area contributed by atoms with Gasteiger partial charge in [0.25, 0.3) is 0 Å². The van der Waals surface area contributed by atoms with Gasteiger partial charge in [0, 0.05) is 18.8 Å². The van der Waals surface area contributed by atoms with Crippen molar-refractivity contribution in [3.8, 4) is 11.8 Å². The Labute approximate surface area is 191 Å². The van der Waals surface area contributed by atoms with Gasteiger partial charge in [0.15, 0.2) is 0 Å². The number of pyridine rings is 1. The van der Waals surface area contributed by atoms with Crippen LogP contribution in [0.4, 0.5) is 4.79 Å². The first-order valence-corrected chi connectivity index (χ1v) is 11.2. The third-order valence-corrected chi connectivity index (χ3v) is 5.63. The Bertz CT molecular complexity index is 897. The van der Waals surface area contributed by atoms with Gasteiger partial charge in [0.05, 0.1) is 24.4 Å². The number of amides is 2. The van der Waals surface area contributed by atoms with Gasteiger partial charge in [-0.15, -0.1) is 0 Å². The van der Waals surface area contributed by atoms with Crippen molar-refractivity contribution < 1.29 is 9.53 Å². The van der Waals surface area contributed by atoms with Crippen molar-refractivity contribution in [1.29, 1.82) is 5.26 Å². The van der Waals surface area contributed by atoms with Gasteiger partial charge in [-0.1, -0.05) is 26.0 Å². The van der Waals surface area contributed by atoms with Crippen molar-refractivity contribution >= 4 is 6.03 Å². The zero-order valence-electron chi connectivity index (χ0n) is 19.3. The normalized spacial score (nSPS) is 14.7. The van der Waals surface area contributed by atoms with Gasteiger partial charge < -0.3 is 19.9 Å². The zero-order valence-corrected chi connectivity index (χ0v) is 19.3. The summed E-state index contributed by atoms with van der Waals surface area (Å²) in [5.41, 5.74) is 2.32. The molecule has 2 aromatic rings. The maximum atomic E-state index is 13.2. The van der Waals surface area contributed by atoms with E-state index in [2.05, 4.69) is 42.2 Å². The minimum absolute atomic E-state index is 0.0918. The average Bonchev–Trinajstić information content (AvgIpc) is 2.81. The molecule has 0 radical (unpaired) electrons. The highest BCUT2D eigenvalue weighted by atomic mass is 16.5. The molecule has 1 fully saturated rings. The minimum Gasteiger partial charge on any atom is -0.493 e. The first-order chi connectivity index (χ1) is 15.4. The van der Waals surface area contributed by atoms with E-state index in [9.17, 15) is 4.79 Å². The molecular weight excluding hydrogens is 402 g/mol. The average molecular weight is 436 g/mol. The molecule has 2 heterocycles. The SMILES string of the molecule is CC(C)COc1ccc(CNC(=O)N(Cc2ccc(C#N)cn2)C2CCN(C)CC2)cc1. The Balaban J connectivity index is 1.63. The molecule has 0 saturated carbocycles. The van der Waals surface area contributed by atoms with Gasteiger partial charge in [0.1, 0.15) is 11.8 Å². The predicted molar refractivity (Wildman–Crippen MR) is 124 cm³/mol. The smallest absolute Gasteiger partial charge is 0.318 e. The Morgan fingerprint density at radius 1 is 1.25 bits per heavy atom. The maximum Gasteiger partial charge on any atom is 0.318 e. The second kappa shape index (κ2) is 11.5. The number of urea groups is 1. The van der Waals surface area contributed by atoms with Crippen LogP contribution in [0.2, 0.25) is 0 Å². The summed E-state index contributed by atoms with van der Waals surface area (Å²) in [5.74, 6) is 1.32. The predicted octanol–water partition coefficient (Wildman–Crippen LogP) is 3.79. The number of benzene rings is 1. The third kappa shape index (κ3) is 6.96. The van der Waals surface area contributed by atoms with Crippen LogP contribution in [0.15, 0.2) is 42.6 Å². The highest BCUT2D eigenvalue weighted by Gasteiger charge is 2.27. The Kier molecular flexibility index (Phi) is 8.46. The van der Waals surface area contributed by atoms with Gasteiger partial charge in [0.2, 0.25) is 0 Å². The number of carbonyl (C=O) groups excluding carboxylic acids is 1. The van der Waals surface area contributed by atoms with E-state index < -0.39 is 0 Å². The molecule has 1 aromatic heterocycles. The van der Waals surface area contributed by atoms with Gasteiger partial charge in [-0.3, -0.25) is 4.98 Å². The van der Waals surface area contributed by atoms with Crippen molar-refractivity contribution in [2.75, 3.05) is 26.7 Å². The number of nitrogens with zero attached hydrogens (tertiary/aromatic N) is 4. The number of piperidine rings is 1. The first-order valence-electron chi connectivity index (χ1n) is 11.2. The summed E-state index contributed by atoms with van der Waals surface area (Å²) in [7, 11) is 2.11. The number of carbonyl (C=O) groups is 1. The minimum atomic E-state index is -0.0918. The van der Waals surface area contributed by atoms with Crippen LogP contribution in [0.5, 0.6) is 5.75 Å². The molecule has 32 heavy (non-hydrogen) atoms. The lowest BCUT2D eigenvalue weighted by Crippen LogP contribution is -2.49.